The Morgan fingerprint density at radius 1 is 1.42 bits per heavy atom. The van der Waals surface area contributed by atoms with Crippen LogP contribution in [0.2, 0.25) is 0 Å². The van der Waals surface area contributed by atoms with E-state index in [1.54, 1.807) is 31.4 Å². The van der Waals surface area contributed by atoms with Crippen molar-refractivity contribution in [1.82, 2.24) is 10.6 Å². The van der Waals surface area contributed by atoms with Crippen LogP contribution in [0.25, 0.3) is 0 Å². The molecule has 1 saturated heterocycles. The van der Waals surface area contributed by atoms with E-state index < -0.39 is 0 Å². The van der Waals surface area contributed by atoms with Crippen LogP contribution in [0.15, 0.2) is 24.3 Å². The maximum atomic E-state index is 12.0. The minimum atomic E-state index is -0.0257. The molecular formula is C15H22N2O2. The number of carbonyl (C=O) groups excluding carboxylic acids is 1. The van der Waals surface area contributed by atoms with Crippen molar-refractivity contribution < 1.29 is 9.53 Å². The van der Waals surface area contributed by atoms with Crippen molar-refractivity contribution >= 4 is 5.91 Å². The number of rotatable bonds is 4. The van der Waals surface area contributed by atoms with E-state index in [1.165, 1.54) is 12.8 Å². The molecule has 4 nitrogen and oxygen atoms in total. The molecule has 0 aliphatic carbocycles. The highest BCUT2D eigenvalue weighted by molar-refractivity contribution is 5.94. The van der Waals surface area contributed by atoms with Crippen LogP contribution in [0.5, 0.6) is 5.75 Å². The Kier molecular flexibility index (Phi) is 4.80. The molecule has 2 unspecified atom stereocenters. The molecule has 2 N–H and O–H groups in total. The average molecular weight is 262 g/mol. The number of hydrogen-bond donors (Lipinski definition) is 2. The molecule has 4 heteroatoms. The van der Waals surface area contributed by atoms with E-state index in [-0.39, 0.29) is 5.91 Å². The van der Waals surface area contributed by atoms with Gasteiger partial charge in [0.1, 0.15) is 5.75 Å². The van der Waals surface area contributed by atoms with Crippen molar-refractivity contribution in [2.45, 2.75) is 25.8 Å². The van der Waals surface area contributed by atoms with Crippen LogP contribution in [-0.4, -0.2) is 32.1 Å². The van der Waals surface area contributed by atoms with Gasteiger partial charge in [0.25, 0.3) is 5.91 Å². The molecule has 1 aromatic rings. The zero-order valence-electron chi connectivity index (χ0n) is 11.6. The van der Waals surface area contributed by atoms with Gasteiger partial charge in [-0.3, -0.25) is 4.79 Å². The van der Waals surface area contributed by atoms with E-state index in [9.17, 15) is 4.79 Å². The van der Waals surface area contributed by atoms with Gasteiger partial charge in [-0.25, -0.2) is 0 Å². The zero-order valence-corrected chi connectivity index (χ0v) is 11.6. The summed E-state index contributed by atoms with van der Waals surface area (Å²) < 4.78 is 5.08. The number of hydrogen-bond acceptors (Lipinski definition) is 3. The molecule has 0 aromatic heterocycles. The third-order valence-corrected chi connectivity index (χ3v) is 3.76. The molecule has 0 radical (unpaired) electrons. The Bertz CT molecular complexity index is 417. The van der Waals surface area contributed by atoms with Gasteiger partial charge < -0.3 is 15.4 Å². The first-order valence-corrected chi connectivity index (χ1v) is 6.86. The predicted molar refractivity (Wildman–Crippen MR) is 75.5 cm³/mol. The van der Waals surface area contributed by atoms with Crippen LogP contribution in [0.1, 0.15) is 30.1 Å². The molecule has 0 spiro atoms. The second-order valence-corrected chi connectivity index (χ2v) is 5.12. The number of benzene rings is 1. The van der Waals surface area contributed by atoms with Crippen molar-refractivity contribution in [2.24, 2.45) is 5.92 Å². The molecule has 1 heterocycles. The summed E-state index contributed by atoms with van der Waals surface area (Å²) in [6.45, 7) is 3.97. The van der Waals surface area contributed by atoms with Gasteiger partial charge in [-0.1, -0.05) is 6.92 Å². The Morgan fingerprint density at radius 2 is 2.16 bits per heavy atom. The maximum absolute atomic E-state index is 12.0. The summed E-state index contributed by atoms with van der Waals surface area (Å²) in [6.07, 6.45) is 2.46. The van der Waals surface area contributed by atoms with E-state index in [0.717, 1.165) is 12.3 Å². The summed E-state index contributed by atoms with van der Waals surface area (Å²) in [5.74, 6) is 1.35. The lowest BCUT2D eigenvalue weighted by molar-refractivity contribution is 0.0943. The number of ether oxygens (including phenoxy) is 1. The van der Waals surface area contributed by atoms with Crippen LogP contribution in [0, 0.1) is 5.92 Å². The van der Waals surface area contributed by atoms with Crippen LogP contribution < -0.4 is 15.4 Å². The number of nitrogens with one attached hydrogen (secondary N) is 2. The van der Waals surface area contributed by atoms with Gasteiger partial charge in [-0.05, 0) is 49.6 Å². The minimum absolute atomic E-state index is 0.0257. The third kappa shape index (κ3) is 3.70. The third-order valence-electron chi connectivity index (χ3n) is 3.76. The molecule has 2 rings (SSSR count). The Balaban J connectivity index is 1.86. The highest BCUT2D eigenvalue weighted by Gasteiger charge is 2.21. The van der Waals surface area contributed by atoms with Gasteiger partial charge in [0, 0.05) is 18.2 Å². The van der Waals surface area contributed by atoms with Crippen molar-refractivity contribution in [1.29, 1.82) is 0 Å². The topological polar surface area (TPSA) is 50.4 Å². The first-order valence-electron chi connectivity index (χ1n) is 6.86. The van der Waals surface area contributed by atoms with Gasteiger partial charge in [0.2, 0.25) is 0 Å². The van der Waals surface area contributed by atoms with E-state index in [1.807, 2.05) is 0 Å². The molecule has 0 saturated carbocycles. The van der Waals surface area contributed by atoms with Crippen LogP contribution >= 0.6 is 0 Å². The summed E-state index contributed by atoms with van der Waals surface area (Å²) in [4.78, 5) is 12.0. The second-order valence-electron chi connectivity index (χ2n) is 5.12. The number of amides is 1. The first kappa shape index (κ1) is 13.9. The van der Waals surface area contributed by atoms with Gasteiger partial charge in [0.05, 0.1) is 7.11 Å². The van der Waals surface area contributed by atoms with Crippen molar-refractivity contribution in [2.75, 3.05) is 20.2 Å². The Labute approximate surface area is 114 Å². The lowest BCUT2D eigenvalue weighted by Crippen LogP contribution is -2.47. The van der Waals surface area contributed by atoms with Gasteiger partial charge >= 0.3 is 0 Å². The van der Waals surface area contributed by atoms with E-state index in [0.29, 0.717) is 24.1 Å². The van der Waals surface area contributed by atoms with Crippen molar-refractivity contribution in [3.05, 3.63) is 29.8 Å². The lowest BCUT2D eigenvalue weighted by Gasteiger charge is -2.30. The fraction of sp³-hybridized carbons (Fsp3) is 0.533. The average Bonchev–Trinajstić information content (AvgIpc) is 2.46. The monoisotopic (exact) mass is 262 g/mol. The number of carbonyl (C=O) groups is 1. The summed E-state index contributed by atoms with van der Waals surface area (Å²) in [7, 11) is 1.62. The highest BCUT2D eigenvalue weighted by Crippen LogP contribution is 2.15. The fourth-order valence-corrected chi connectivity index (χ4v) is 2.43. The molecule has 1 aliphatic rings. The summed E-state index contributed by atoms with van der Waals surface area (Å²) in [5, 5.41) is 6.45. The van der Waals surface area contributed by atoms with Gasteiger partial charge in [-0.2, -0.15) is 0 Å². The SMILES string of the molecule is COc1ccc(C(=O)NCC2NCCCC2C)cc1. The molecule has 1 aromatic carbocycles. The van der Waals surface area contributed by atoms with E-state index in [2.05, 4.69) is 17.6 Å². The molecule has 2 atom stereocenters. The smallest absolute Gasteiger partial charge is 0.251 e. The number of piperidine rings is 1. The normalized spacial score (nSPS) is 22.8. The predicted octanol–water partition coefficient (Wildman–Crippen LogP) is 1.81. The highest BCUT2D eigenvalue weighted by atomic mass is 16.5. The molecule has 0 bridgehead atoms. The molecular weight excluding hydrogens is 240 g/mol. The van der Waals surface area contributed by atoms with Crippen LogP contribution in [-0.2, 0) is 0 Å². The van der Waals surface area contributed by atoms with E-state index >= 15 is 0 Å². The fourth-order valence-electron chi connectivity index (χ4n) is 2.43. The van der Waals surface area contributed by atoms with E-state index in [4.69, 9.17) is 4.74 Å². The molecule has 1 amide bonds. The molecule has 19 heavy (non-hydrogen) atoms. The van der Waals surface area contributed by atoms with Crippen LogP contribution in [0.3, 0.4) is 0 Å². The summed E-state index contributed by atoms with van der Waals surface area (Å²) in [6, 6.07) is 7.56. The van der Waals surface area contributed by atoms with Crippen molar-refractivity contribution in [3.8, 4) is 5.75 Å². The lowest BCUT2D eigenvalue weighted by atomic mass is 9.93. The van der Waals surface area contributed by atoms with Crippen molar-refractivity contribution in [3.63, 3.8) is 0 Å². The Morgan fingerprint density at radius 3 is 2.79 bits per heavy atom. The first-order chi connectivity index (χ1) is 9.20. The quantitative estimate of drug-likeness (QED) is 0.870. The summed E-state index contributed by atoms with van der Waals surface area (Å²) in [5.41, 5.74) is 0.671. The number of methoxy groups -OCH3 is 1. The second kappa shape index (κ2) is 6.57. The maximum Gasteiger partial charge on any atom is 0.251 e. The Hall–Kier alpha value is -1.55. The largest absolute Gasteiger partial charge is 0.497 e. The zero-order chi connectivity index (χ0) is 13.7. The molecule has 1 aliphatic heterocycles. The molecule has 1 fully saturated rings. The minimum Gasteiger partial charge on any atom is -0.497 e. The molecule has 104 valence electrons. The summed E-state index contributed by atoms with van der Waals surface area (Å²) >= 11 is 0. The van der Waals surface area contributed by atoms with Gasteiger partial charge in [-0.15, -0.1) is 0 Å². The van der Waals surface area contributed by atoms with Crippen LogP contribution in [0.4, 0.5) is 0 Å². The standard InChI is InChI=1S/C15H22N2O2/c1-11-4-3-9-16-14(11)10-17-15(18)12-5-7-13(19-2)8-6-12/h5-8,11,14,16H,3-4,9-10H2,1-2H3,(H,17,18). The van der Waals surface area contributed by atoms with Gasteiger partial charge in [0.15, 0.2) is 0 Å².